The first-order valence-electron chi connectivity index (χ1n) is 3.91. The number of rotatable bonds is 2. The van der Waals surface area contributed by atoms with Gasteiger partial charge in [-0.05, 0) is 17.0 Å². The van der Waals surface area contributed by atoms with E-state index in [2.05, 4.69) is 19.9 Å². The topological polar surface area (TPSA) is 19.9 Å². The minimum Gasteiger partial charge on any atom is -0.232 e. The SMILES string of the molecule is CC(C)c1cccc(C[O])c1. The Morgan fingerprint density at radius 1 is 1.36 bits per heavy atom. The van der Waals surface area contributed by atoms with E-state index in [0.29, 0.717) is 5.92 Å². The summed E-state index contributed by atoms with van der Waals surface area (Å²) in [5.41, 5.74) is 2.13. The monoisotopic (exact) mass is 149 g/mol. The molecule has 1 nitrogen and oxygen atoms in total. The van der Waals surface area contributed by atoms with Crippen LogP contribution in [0, 0.1) is 0 Å². The Morgan fingerprint density at radius 3 is 2.64 bits per heavy atom. The van der Waals surface area contributed by atoms with Crippen LogP contribution in [0.1, 0.15) is 30.9 Å². The molecule has 59 valence electrons. The molecule has 0 spiro atoms. The number of hydrogen-bond acceptors (Lipinski definition) is 0. The van der Waals surface area contributed by atoms with Crippen LogP contribution in [0.5, 0.6) is 0 Å². The van der Waals surface area contributed by atoms with E-state index >= 15 is 0 Å². The lowest BCUT2D eigenvalue weighted by Gasteiger charge is -2.05. The highest BCUT2D eigenvalue weighted by Crippen LogP contribution is 2.15. The molecule has 11 heavy (non-hydrogen) atoms. The minimum atomic E-state index is -0.111. The van der Waals surface area contributed by atoms with Crippen LogP contribution in [-0.2, 0) is 11.7 Å². The predicted octanol–water partition coefficient (Wildman–Crippen LogP) is 2.74. The molecule has 0 saturated heterocycles. The third-order valence-electron chi connectivity index (χ3n) is 1.78. The summed E-state index contributed by atoms with van der Waals surface area (Å²) in [5.74, 6) is 0.515. The molecule has 1 radical (unpaired) electrons. The molecule has 0 saturated carbocycles. The molecule has 1 aromatic carbocycles. The van der Waals surface area contributed by atoms with Crippen LogP contribution in [-0.4, -0.2) is 0 Å². The zero-order valence-electron chi connectivity index (χ0n) is 7.00. The molecule has 1 aromatic rings. The van der Waals surface area contributed by atoms with Gasteiger partial charge >= 0.3 is 0 Å². The average molecular weight is 149 g/mol. The van der Waals surface area contributed by atoms with Gasteiger partial charge in [-0.2, -0.15) is 0 Å². The largest absolute Gasteiger partial charge is 0.232 e. The molecule has 0 heterocycles. The van der Waals surface area contributed by atoms with E-state index in [9.17, 15) is 5.11 Å². The first kappa shape index (κ1) is 8.28. The van der Waals surface area contributed by atoms with Crippen molar-refractivity contribution in [1.82, 2.24) is 0 Å². The van der Waals surface area contributed by atoms with Gasteiger partial charge in [0.25, 0.3) is 0 Å². The quantitative estimate of drug-likeness (QED) is 0.616. The molecule has 0 aromatic heterocycles. The average Bonchev–Trinajstić information content (AvgIpc) is 2.05. The Kier molecular flexibility index (Phi) is 2.66. The lowest BCUT2D eigenvalue weighted by molar-refractivity contribution is 0.177. The summed E-state index contributed by atoms with van der Waals surface area (Å²) in [6.45, 7) is 4.15. The lowest BCUT2D eigenvalue weighted by atomic mass is 10.0. The van der Waals surface area contributed by atoms with Crippen molar-refractivity contribution in [2.24, 2.45) is 0 Å². The maximum atomic E-state index is 10.5. The van der Waals surface area contributed by atoms with Crippen LogP contribution in [0.4, 0.5) is 0 Å². The zero-order chi connectivity index (χ0) is 8.27. The summed E-state index contributed by atoms with van der Waals surface area (Å²) in [5, 5.41) is 10.5. The summed E-state index contributed by atoms with van der Waals surface area (Å²) < 4.78 is 0. The fourth-order valence-electron chi connectivity index (χ4n) is 1.04. The fraction of sp³-hybridized carbons (Fsp3) is 0.400. The van der Waals surface area contributed by atoms with Crippen LogP contribution in [0.15, 0.2) is 24.3 Å². The highest BCUT2D eigenvalue weighted by atomic mass is 16.3. The molecule has 0 aliphatic rings. The van der Waals surface area contributed by atoms with E-state index < -0.39 is 0 Å². The van der Waals surface area contributed by atoms with Crippen LogP contribution < -0.4 is 0 Å². The molecule has 1 heteroatoms. The third kappa shape index (κ3) is 2.05. The molecule has 0 fully saturated rings. The Labute approximate surface area is 67.7 Å². The highest BCUT2D eigenvalue weighted by Gasteiger charge is 1.98. The van der Waals surface area contributed by atoms with Crippen molar-refractivity contribution < 1.29 is 5.11 Å². The van der Waals surface area contributed by atoms with Gasteiger partial charge in [0, 0.05) is 0 Å². The minimum absolute atomic E-state index is 0.111. The van der Waals surface area contributed by atoms with Crippen LogP contribution in [0.25, 0.3) is 0 Å². The van der Waals surface area contributed by atoms with Crippen molar-refractivity contribution in [2.75, 3.05) is 0 Å². The van der Waals surface area contributed by atoms with E-state index in [1.165, 1.54) is 5.56 Å². The van der Waals surface area contributed by atoms with Gasteiger partial charge in [-0.15, -0.1) is 0 Å². The Morgan fingerprint density at radius 2 is 2.09 bits per heavy atom. The molecular formula is C10H13O. The number of benzene rings is 1. The van der Waals surface area contributed by atoms with Gasteiger partial charge in [0.1, 0.15) is 6.61 Å². The van der Waals surface area contributed by atoms with E-state index in [-0.39, 0.29) is 6.61 Å². The Bertz CT molecular complexity index is 228. The van der Waals surface area contributed by atoms with Gasteiger partial charge in [0.05, 0.1) is 0 Å². The second-order valence-corrected chi connectivity index (χ2v) is 3.04. The van der Waals surface area contributed by atoms with E-state index in [1.54, 1.807) is 0 Å². The summed E-state index contributed by atoms with van der Waals surface area (Å²) >= 11 is 0. The van der Waals surface area contributed by atoms with Crippen molar-refractivity contribution >= 4 is 0 Å². The summed E-state index contributed by atoms with van der Waals surface area (Å²) in [6, 6.07) is 7.86. The molecular weight excluding hydrogens is 136 g/mol. The molecule has 0 bridgehead atoms. The van der Waals surface area contributed by atoms with E-state index in [0.717, 1.165) is 5.56 Å². The maximum Gasteiger partial charge on any atom is 0.107 e. The van der Waals surface area contributed by atoms with Crippen LogP contribution in [0.3, 0.4) is 0 Å². The summed E-state index contributed by atoms with van der Waals surface area (Å²) in [6.07, 6.45) is 0. The second-order valence-electron chi connectivity index (χ2n) is 3.04. The standard InChI is InChI=1S/C10H13O/c1-8(2)10-5-3-4-9(6-10)7-11/h3-6,8H,7H2,1-2H3. The molecule has 0 atom stereocenters. The first-order chi connectivity index (χ1) is 5.24. The van der Waals surface area contributed by atoms with Gasteiger partial charge in [-0.25, -0.2) is 5.11 Å². The van der Waals surface area contributed by atoms with Crippen LogP contribution in [0.2, 0.25) is 0 Å². The Hall–Kier alpha value is -0.820. The third-order valence-corrected chi connectivity index (χ3v) is 1.78. The predicted molar refractivity (Wildman–Crippen MR) is 44.9 cm³/mol. The van der Waals surface area contributed by atoms with E-state index in [1.807, 2.05) is 18.2 Å². The molecule has 0 aliphatic carbocycles. The van der Waals surface area contributed by atoms with Crippen molar-refractivity contribution in [3.8, 4) is 0 Å². The van der Waals surface area contributed by atoms with Crippen molar-refractivity contribution in [2.45, 2.75) is 26.4 Å². The van der Waals surface area contributed by atoms with E-state index in [4.69, 9.17) is 0 Å². The van der Waals surface area contributed by atoms with Gasteiger partial charge in [0.15, 0.2) is 0 Å². The van der Waals surface area contributed by atoms with Crippen LogP contribution >= 0.6 is 0 Å². The second kappa shape index (κ2) is 3.54. The normalized spacial score (nSPS) is 10.5. The first-order valence-corrected chi connectivity index (χ1v) is 3.91. The smallest absolute Gasteiger partial charge is 0.107 e. The molecule has 0 aliphatic heterocycles. The Balaban J connectivity index is 2.91. The molecule has 0 N–H and O–H groups in total. The zero-order valence-corrected chi connectivity index (χ0v) is 7.00. The molecule has 0 unspecified atom stereocenters. The van der Waals surface area contributed by atoms with Crippen molar-refractivity contribution in [1.29, 1.82) is 0 Å². The van der Waals surface area contributed by atoms with Crippen molar-refractivity contribution in [3.63, 3.8) is 0 Å². The fourth-order valence-corrected chi connectivity index (χ4v) is 1.04. The summed E-state index contributed by atoms with van der Waals surface area (Å²) in [4.78, 5) is 0. The molecule has 1 rings (SSSR count). The van der Waals surface area contributed by atoms with Crippen molar-refractivity contribution in [3.05, 3.63) is 35.4 Å². The van der Waals surface area contributed by atoms with Gasteiger partial charge in [0.2, 0.25) is 0 Å². The van der Waals surface area contributed by atoms with Gasteiger partial charge in [-0.3, -0.25) is 0 Å². The molecule has 0 amide bonds. The highest BCUT2D eigenvalue weighted by molar-refractivity contribution is 5.24. The van der Waals surface area contributed by atoms with Gasteiger partial charge < -0.3 is 0 Å². The van der Waals surface area contributed by atoms with Gasteiger partial charge in [-0.1, -0.05) is 38.1 Å². The summed E-state index contributed by atoms with van der Waals surface area (Å²) in [7, 11) is 0. The number of hydrogen-bond donors (Lipinski definition) is 0. The lowest BCUT2D eigenvalue weighted by Crippen LogP contribution is -1.89. The maximum absolute atomic E-state index is 10.5.